The predicted octanol–water partition coefficient (Wildman–Crippen LogP) is 2.52. The molecule has 0 radical (unpaired) electrons. The maximum Gasteiger partial charge on any atom is 0.338 e. The Kier molecular flexibility index (Phi) is 6.40. The van der Waals surface area contributed by atoms with E-state index in [1.807, 2.05) is 0 Å². The highest BCUT2D eigenvalue weighted by molar-refractivity contribution is 6.00. The Morgan fingerprint density at radius 2 is 1.38 bits per heavy atom. The van der Waals surface area contributed by atoms with E-state index in [9.17, 15) is 34.5 Å². The highest BCUT2D eigenvalue weighted by Crippen LogP contribution is 2.26. The Hall–Kier alpha value is -4.08. The van der Waals surface area contributed by atoms with Crippen LogP contribution in [0.1, 0.15) is 53.9 Å². The van der Waals surface area contributed by atoms with Crippen molar-refractivity contribution in [2.24, 2.45) is 0 Å². The molecule has 152 valence electrons. The van der Waals surface area contributed by atoms with Gasteiger partial charge in [-0.15, -0.1) is 0 Å². The molecule has 0 aromatic heterocycles. The summed E-state index contributed by atoms with van der Waals surface area (Å²) in [7, 11) is 0. The van der Waals surface area contributed by atoms with Crippen molar-refractivity contribution in [3.8, 4) is 0 Å². The quantitative estimate of drug-likeness (QED) is 0.366. The molecule has 10 heteroatoms. The summed E-state index contributed by atoms with van der Waals surface area (Å²) < 4.78 is 0. The van der Waals surface area contributed by atoms with Gasteiger partial charge in [0.25, 0.3) is 0 Å². The molecule has 6 N–H and O–H groups in total. The fourth-order valence-electron chi connectivity index (χ4n) is 2.75. The van der Waals surface area contributed by atoms with Gasteiger partial charge in [-0.2, -0.15) is 0 Å². The third-order valence-electron chi connectivity index (χ3n) is 4.01. The van der Waals surface area contributed by atoms with Gasteiger partial charge in [-0.1, -0.05) is 0 Å². The van der Waals surface area contributed by atoms with Gasteiger partial charge in [-0.05, 0) is 42.8 Å². The van der Waals surface area contributed by atoms with Crippen LogP contribution in [-0.4, -0.2) is 50.8 Å². The second-order valence-corrected chi connectivity index (χ2v) is 5.92. The lowest BCUT2D eigenvalue weighted by molar-refractivity contribution is 0.0681. The van der Waals surface area contributed by atoms with Crippen LogP contribution in [0.25, 0.3) is 0 Å². The van der Waals surface area contributed by atoms with E-state index in [0.29, 0.717) is 6.54 Å². The fraction of sp³-hybridized carbons (Fsp3) is 0.158. The first-order chi connectivity index (χ1) is 13.6. The lowest BCUT2D eigenvalue weighted by Gasteiger charge is -2.16. The number of anilines is 2. The van der Waals surface area contributed by atoms with Crippen molar-refractivity contribution in [1.82, 2.24) is 0 Å². The van der Waals surface area contributed by atoms with Crippen molar-refractivity contribution < 1.29 is 39.6 Å². The SMILES string of the molecule is CCNc1cc(C(=O)O)cc(CNc2cc(C(=O)O)ccc2C(=O)O)c1C(=O)O. The molecule has 0 saturated heterocycles. The molecular formula is C19H18N2O8. The Labute approximate surface area is 164 Å². The molecule has 0 unspecified atom stereocenters. The molecule has 0 fully saturated rings. The highest BCUT2D eigenvalue weighted by atomic mass is 16.4. The predicted molar refractivity (Wildman–Crippen MR) is 102 cm³/mol. The molecule has 2 aromatic rings. The molecule has 0 aliphatic heterocycles. The number of nitrogens with one attached hydrogen (secondary N) is 2. The summed E-state index contributed by atoms with van der Waals surface area (Å²) in [5.74, 6) is -5.14. The first-order valence-electron chi connectivity index (χ1n) is 8.37. The Morgan fingerprint density at radius 3 is 1.90 bits per heavy atom. The largest absolute Gasteiger partial charge is 0.478 e. The lowest BCUT2D eigenvalue weighted by atomic mass is 10.0. The van der Waals surface area contributed by atoms with Crippen LogP contribution >= 0.6 is 0 Å². The topological polar surface area (TPSA) is 173 Å². The maximum atomic E-state index is 11.7. The van der Waals surface area contributed by atoms with Crippen LogP contribution in [-0.2, 0) is 6.54 Å². The van der Waals surface area contributed by atoms with Gasteiger partial charge in [0.05, 0.1) is 22.3 Å². The van der Waals surface area contributed by atoms with Gasteiger partial charge < -0.3 is 31.1 Å². The van der Waals surface area contributed by atoms with Crippen molar-refractivity contribution in [1.29, 1.82) is 0 Å². The molecule has 10 nitrogen and oxygen atoms in total. The zero-order valence-corrected chi connectivity index (χ0v) is 15.2. The monoisotopic (exact) mass is 402 g/mol. The number of aromatic carboxylic acids is 4. The van der Waals surface area contributed by atoms with Crippen molar-refractivity contribution in [3.05, 3.63) is 58.1 Å². The van der Waals surface area contributed by atoms with E-state index in [1.165, 1.54) is 12.1 Å². The van der Waals surface area contributed by atoms with Gasteiger partial charge in [-0.3, -0.25) is 0 Å². The summed E-state index contributed by atoms with van der Waals surface area (Å²) in [4.78, 5) is 45.7. The van der Waals surface area contributed by atoms with Gasteiger partial charge in [0.2, 0.25) is 0 Å². The summed E-state index contributed by atoms with van der Waals surface area (Å²) >= 11 is 0. The molecule has 0 spiro atoms. The molecule has 0 bridgehead atoms. The number of hydrogen-bond donors (Lipinski definition) is 6. The van der Waals surface area contributed by atoms with E-state index in [-0.39, 0.29) is 45.7 Å². The average molecular weight is 402 g/mol. The van der Waals surface area contributed by atoms with E-state index in [1.54, 1.807) is 6.92 Å². The fourth-order valence-corrected chi connectivity index (χ4v) is 2.75. The van der Waals surface area contributed by atoms with Crippen LogP contribution in [0.4, 0.5) is 11.4 Å². The number of rotatable bonds is 9. The summed E-state index contributed by atoms with van der Waals surface area (Å²) in [5, 5.41) is 42.8. The van der Waals surface area contributed by atoms with Crippen LogP contribution in [0.5, 0.6) is 0 Å². The van der Waals surface area contributed by atoms with E-state index >= 15 is 0 Å². The number of carboxylic acids is 4. The smallest absolute Gasteiger partial charge is 0.338 e. The highest BCUT2D eigenvalue weighted by Gasteiger charge is 2.20. The van der Waals surface area contributed by atoms with E-state index < -0.39 is 23.9 Å². The second kappa shape index (κ2) is 8.74. The van der Waals surface area contributed by atoms with Crippen molar-refractivity contribution in [3.63, 3.8) is 0 Å². The minimum absolute atomic E-state index is 0.0422. The molecule has 0 saturated carbocycles. The maximum absolute atomic E-state index is 11.7. The first-order valence-corrected chi connectivity index (χ1v) is 8.37. The summed E-state index contributed by atoms with van der Waals surface area (Å²) in [6.45, 7) is 1.82. The number of benzene rings is 2. The number of hydrogen-bond acceptors (Lipinski definition) is 6. The molecule has 0 atom stereocenters. The van der Waals surface area contributed by atoms with Crippen molar-refractivity contribution >= 4 is 35.3 Å². The van der Waals surface area contributed by atoms with Crippen LogP contribution in [0.15, 0.2) is 30.3 Å². The minimum Gasteiger partial charge on any atom is -0.478 e. The number of carboxylic acid groups (broad SMARTS) is 4. The van der Waals surface area contributed by atoms with Crippen LogP contribution in [0, 0.1) is 0 Å². The molecular weight excluding hydrogens is 384 g/mol. The van der Waals surface area contributed by atoms with Crippen LogP contribution in [0.3, 0.4) is 0 Å². The summed E-state index contributed by atoms with van der Waals surface area (Å²) in [6, 6.07) is 5.73. The Morgan fingerprint density at radius 1 is 0.759 bits per heavy atom. The first kappa shape index (κ1) is 21.2. The van der Waals surface area contributed by atoms with Crippen LogP contribution in [0.2, 0.25) is 0 Å². The molecule has 0 aliphatic rings. The zero-order valence-electron chi connectivity index (χ0n) is 15.2. The molecule has 0 heterocycles. The standard InChI is InChI=1S/C19H18N2O8/c1-2-20-14-7-10(17(24)25)5-11(15(14)19(28)29)8-21-13-6-9(16(22)23)3-4-12(13)18(26)27/h3-7,20-21H,2,8H2,1H3,(H,22,23)(H,24,25)(H,26,27)(H,28,29). The summed E-state index contributed by atoms with van der Waals surface area (Å²) in [5.41, 5.74) is -0.549. The molecule has 2 rings (SSSR count). The Bertz CT molecular complexity index is 1000. The molecule has 2 aromatic carbocycles. The van der Waals surface area contributed by atoms with Gasteiger partial charge in [-0.25, -0.2) is 19.2 Å². The number of carbonyl (C=O) groups is 4. The molecule has 0 aliphatic carbocycles. The lowest BCUT2D eigenvalue weighted by Crippen LogP contribution is -2.15. The van der Waals surface area contributed by atoms with Crippen molar-refractivity contribution in [2.45, 2.75) is 13.5 Å². The van der Waals surface area contributed by atoms with Gasteiger partial charge in [0.15, 0.2) is 0 Å². The second-order valence-electron chi connectivity index (χ2n) is 5.92. The van der Waals surface area contributed by atoms with Crippen molar-refractivity contribution in [2.75, 3.05) is 17.2 Å². The third kappa shape index (κ3) is 4.80. The average Bonchev–Trinajstić information content (AvgIpc) is 2.65. The minimum atomic E-state index is -1.31. The third-order valence-corrected chi connectivity index (χ3v) is 4.01. The van der Waals surface area contributed by atoms with Gasteiger partial charge >= 0.3 is 23.9 Å². The van der Waals surface area contributed by atoms with Crippen LogP contribution < -0.4 is 10.6 Å². The van der Waals surface area contributed by atoms with E-state index in [4.69, 9.17) is 5.11 Å². The van der Waals surface area contributed by atoms with E-state index in [2.05, 4.69) is 10.6 Å². The zero-order chi connectivity index (χ0) is 21.7. The van der Waals surface area contributed by atoms with E-state index in [0.717, 1.165) is 18.2 Å². The van der Waals surface area contributed by atoms with Gasteiger partial charge in [0, 0.05) is 24.5 Å². The molecule has 29 heavy (non-hydrogen) atoms. The summed E-state index contributed by atoms with van der Waals surface area (Å²) in [6.07, 6.45) is 0. The molecule has 0 amide bonds. The normalized spacial score (nSPS) is 10.2. The Balaban J connectivity index is 2.52. The van der Waals surface area contributed by atoms with Gasteiger partial charge in [0.1, 0.15) is 0 Å².